The fourth-order valence-electron chi connectivity index (χ4n) is 2.29. The van der Waals surface area contributed by atoms with Gasteiger partial charge in [0.1, 0.15) is 5.57 Å². The van der Waals surface area contributed by atoms with Crippen LogP contribution in [0.3, 0.4) is 0 Å². The molecule has 0 radical (unpaired) electrons. The number of carbonyl (C=O) groups excluding carboxylic acids is 3. The molecule has 0 heterocycles. The molecule has 2 atom stereocenters. The summed E-state index contributed by atoms with van der Waals surface area (Å²) in [5, 5.41) is 0. The number of rotatable bonds is 2. The van der Waals surface area contributed by atoms with Crippen molar-refractivity contribution in [2.24, 2.45) is 11.8 Å². The zero-order valence-electron chi connectivity index (χ0n) is 10.3. The van der Waals surface area contributed by atoms with E-state index in [0.717, 1.165) is 0 Å². The summed E-state index contributed by atoms with van der Waals surface area (Å²) in [4.78, 5) is 36.1. The highest BCUT2D eigenvalue weighted by Gasteiger charge is 2.42. The third-order valence-corrected chi connectivity index (χ3v) is 3.21. The quantitative estimate of drug-likeness (QED) is 0.545. The van der Waals surface area contributed by atoms with E-state index in [1.807, 2.05) is 0 Å². The smallest absolute Gasteiger partial charge is 0.342 e. The predicted octanol–water partition coefficient (Wildman–Crippen LogP) is 1.38. The van der Waals surface area contributed by atoms with Crippen LogP contribution in [0.4, 0.5) is 0 Å². The van der Waals surface area contributed by atoms with Crippen LogP contribution in [-0.4, -0.2) is 24.1 Å². The average Bonchev–Trinajstić information content (AvgIpc) is 2.37. The molecule has 0 aliphatic heterocycles. The number of esters is 1. The molecular weight excluding hydrogens is 232 g/mol. The Bertz CT molecular complexity index is 508. The van der Waals surface area contributed by atoms with Gasteiger partial charge in [0.05, 0.1) is 18.4 Å². The molecule has 4 nitrogen and oxygen atoms in total. The summed E-state index contributed by atoms with van der Waals surface area (Å²) in [7, 11) is 0. The van der Waals surface area contributed by atoms with E-state index in [2.05, 4.69) is 0 Å². The van der Waals surface area contributed by atoms with Crippen LogP contribution < -0.4 is 0 Å². The zero-order valence-corrected chi connectivity index (χ0v) is 10.3. The van der Waals surface area contributed by atoms with Gasteiger partial charge in [-0.2, -0.15) is 0 Å². The molecule has 0 N–H and O–H groups in total. The molecule has 0 saturated heterocycles. The highest BCUT2D eigenvalue weighted by Crippen LogP contribution is 2.33. The van der Waals surface area contributed by atoms with Crippen LogP contribution in [0.2, 0.25) is 0 Å². The molecule has 18 heavy (non-hydrogen) atoms. The maximum atomic E-state index is 12.2. The first-order valence-electron chi connectivity index (χ1n) is 5.89. The van der Waals surface area contributed by atoms with Crippen LogP contribution >= 0.6 is 0 Å². The van der Waals surface area contributed by atoms with Crippen molar-refractivity contribution in [2.75, 3.05) is 6.61 Å². The van der Waals surface area contributed by atoms with Gasteiger partial charge in [0.2, 0.25) is 0 Å². The maximum Gasteiger partial charge on any atom is 0.342 e. The van der Waals surface area contributed by atoms with Gasteiger partial charge in [-0.1, -0.05) is 24.3 Å². The molecule has 0 spiro atoms. The van der Waals surface area contributed by atoms with Gasteiger partial charge in [-0.25, -0.2) is 4.79 Å². The zero-order chi connectivity index (χ0) is 13.3. The van der Waals surface area contributed by atoms with Crippen LogP contribution in [-0.2, 0) is 19.1 Å². The molecule has 0 bridgehead atoms. The molecule has 4 heteroatoms. The van der Waals surface area contributed by atoms with Crippen LogP contribution in [0.1, 0.15) is 13.8 Å². The number of hydrogen-bond donors (Lipinski definition) is 0. The van der Waals surface area contributed by atoms with E-state index in [0.29, 0.717) is 0 Å². The molecule has 94 valence electrons. The summed E-state index contributed by atoms with van der Waals surface area (Å²) in [5.41, 5.74) is 0.114. The number of ether oxygens (including phenoxy) is 1. The van der Waals surface area contributed by atoms with Crippen molar-refractivity contribution in [1.29, 1.82) is 0 Å². The lowest BCUT2D eigenvalue weighted by atomic mass is 9.72. The normalized spacial score (nSPS) is 26.3. The van der Waals surface area contributed by atoms with Crippen LogP contribution in [0.25, 0.3) is 0 Å². The highest BCUT2D eigenvalue weighted by molar-refractivity contribution is 6.27. The first-order valence-corrected chi connectivity index (χ1v) is 5.89. The summed E-state index contributed by atoms with van der Waals surface area (Å²) in [5.74, 6) is -2.24. The van der Waals surface area contributed by atoms with Crippen molar-refractivity contribution in [3.8, 4) is 0 Å². The number of fused-ring (bicyclic) bond motifs is 1. The lowest BCUT2D eigenvalue weighted by Crippen LogP contribution is -2.38. The first kappa shape index (κ1) is 12.5. The lowest BCUT2D eigenvalue weighted by Gasteiger charge is -2.28. The molecule has 2 unspecified atom stereocenters. The number of ketones is 2. The number of carbonyl (C=O) groups is 3. The maximum absolute atomic E-state index is 12.2. The molecule has 2 rings (SSSR count). The molecule has 0 aromatic rings. The Labute approximate surface area is 105 Å². The van der Waals surface area contributed by atoms with Gasteiger partial charge in [0.15, 0.2) is 11.6 Å². The van der Waals surface area contributed by atoms with Crippen molar-refractivity contribution < 1.29 is 19.1 Å². The minimum atomic E-state index is -0.699. The Hall–Kier alpha value is -1.97. The second-order valence-corrected chi connectivity index (χ2v) is 4.27. The lowest BCUT2D eigenvalue weighted by molar-refractivity contribution is -0.142. The van der Waals surface area contributed by atoms with E-state index in [1.54, 1.807) is 31.2 Å². The van der Waals surface area contributed by atoms with E-state index in [4.69, 9.17) is 4.74 Å². The SMILES string of the molecule is CCOC(=O)C1=C(C)C(=O)C2C=CC=CC2C1=O. The minimum absolute atomic E-state index is 0.0944. The molecular formula is C14H14O4. The predicted molar refractivity (Wildman–Crippen MR) is 64.6 cm³/mol. The van der Waals surface area contributed by atoms with E-state index in [9.17, 15) is 14.4 Å². The van der Waals surface area contributed by atoms with Crippen LogP contribution in [0, 0.1) is 11.8 Å². The summed E-state index contributed by atoms with van der Waals surface area (Å²) < 4.78 is 4.84. The first-order chi connectivity index (χ1) is 8.57. The third-order valence-electron chi connectivity index (χ3n) is 3.21. The Balaban J connectivity index is 2.45. The molecule has 0 aromatic carbocycles. The fourth-order valence-corrected chi connectivity index (χ4v) is 2.29. The van der Waals surface area contributed by atoms with Gasteiger partial charge in [0, 0.05) is 5.57 Å². The van der Waals surface area contributed by atoms with Gasteiger partial charge in [0.25, 0.3) is 0 Å². The summed E-state index contributed by atoms with van der Waals surface area (Å²) >= 11 is 0. The second kappa shape index (κ2) is 4.72. The Morgan fingerprint density at radius 3 is 2.28 bits per heavy atom. The van der Waals surface area contributed by atoms with E-state index >= 15 is 0 Å². The Kier molecular flexibility index (Phi) is 3.28. The monoisotopic (exact) mass is 246 g/mol. The van der Waals surface area contributed by atoms with E-state index in [1.165, 1.54) is 6.92 Å². The van der Waals surface area contributed by atoms with Crippen LogP contribution in [0.5, 0.6) is 0 Å². The van der Waals surface area contributed by atoms with Gasteiger partial charge in [-0.15, -0.1) is 0 Å². The van der Waals surface area contributed by atoms with Gasteiger partial charge in [-0.05, 0) is 13.8 Å². The van der Waals surface area contributed by atoms with Crippen molar-refractivity contribution in [3.63, 3.8) is 0 Å². The number of allylic oxidation sites excluding steroid dienone is 5. The summed E-state index contributed by atoms with van der Waals surface area (Å²) in [6, 6.07) is 0. The second-order valence-electron chi connectivity index (χ2n) is 4.27. The molecule has 0 saturated carbocycles. The van der Waals surface area contributed by atoms with Crippen LogP contribution in [0.15, 0.2) is 35.5 Å². The average molecular weight is 246 g/mol. The molecule has 2 aliphatic rings. The molecule has 0 amide bonds. The highest BCUT2D eigenvalue weighted by atomic mass is 16.5. The van der Waals surface area contributed by atoms with Crippen molar-refractivity contribution in [3.05, 3.63) is 35.5 Å². The third kappa shape index (κ3) is 1.83. The summed E-state index contributed by atoms with van der Waals surface area (Å²) in [6.45, 7) is 3.35. The van der Waals surface area contributed by atoms with Gasteiger partial charge >= 0.3 is 5.97 Å². The standard InChI is InChI=1S/C14H14O4/c1-3-18-14(17)11-8(2)12(15)9-6-4-5-7-10(9)13(11)16/h4-7,9-10H,3H2,1-2H3. The fraction of sp³-hybridized carbons (Fsp3) is 0.357. The largest absolute Gasteiger partial charge is 0.462 e. The topological polar surface area (TPSA) is 60.4 Å². The van der Waals surface area contributed by atoms with Gasteiger partial charge in [-0.3, -0.25) is 9.59 Å². The molecule has 0 fully saturated rings. The summed E-state index contributed by atoms with van der Waals surface area (Å²) in [6.07, 6.45) is 6.83. The Morgan fingerprint density at radius 1 is 1.17 bits per heavy atom. The van der Waals surface area contributed by atoms with Crippen molar-refractivity contribution in [1.82, 2.24) is 0 Å². The van der Waals surface area contributed by atoms with Crippen molar-refractivity contribution >= 4 is 17.5 Å². The number of Topliss-reactive ketones (excluding diaryl/α,β-unsaturated/α-hetero) is 2. The Morgan fingerprint density at radius 2 is 1.72 bits per heavy atom. The van der Waals surface area contributed by atoms with Crippen molar-refractivity contribution in [2.45, 2.75) is 13.8 Å². The van der Waals surface area contributed by atoms with E-state index in [-0.39, 0.29) is 29.3 Å². The number of hydrogen-bond acceptors (Lipinski definition) is 4. The minimum Gasteiger partial charge on any atom is -0.462 e. The molecule has 0 aromatic heterocycles. The van der Waals surface area contributed by atoms with Gasteiger partial charge < -0.3 is 4.74 Å². The molecule has 2 aliphatic carbocycles. The van der Waals surface area contributed by atoms with E-state index < -0.39 is 17.8 Å².